The molecule has 0 radical (unpaired) electrons. The van der Waals surface area contributed by atoms with E-state index in [9.17, 15) is 14.3 Å². The van der Waals surface area contributed by atoms with Gasteiger partial charge in [-0.25, -0.2) is 9.18 Å². The first kappa shape index (κ1) is 22.6. The van der Waals surface area contributed by atoms with Crippen LogP contribution in [-0.4, -0.2) is 25.9 Å². The van der Waals surface area contributed by atoms with Crippen LogP contribution in [0.1, 0.15) is 29.9 Å². The molecule has 0 bridgehead atoms. The van der Waals surface area contributed by atoms with Crippen LogP contribution < -0.4 is 4.74 Å². The van der Waals surface area contributed by atoms with Crippen molar-refractivity contribution in [1.82, 2.24) is 8.75 Å². The smallest absolute Gasteiger partial charge is 0.337 e. The van der Waals surface area contributed by atoms with Gasteiger partial charge in [0.15, 0.2) is 11.6 Å². The summed E-state index contributed by atoms with van der Waals surface area (Å²) in [5, 5.41) is 13.6. The molecule has 0 amide bonds. The molecule has 0 aliphatic carbocycles. The number of carbonyl (C=O) groups is 1. The number of carbonyl (C=O) groups excluding carboxylic acids is 1. The summed E-state index contributed by atoms with van der Waals surface area (Å²) in [5.41, 5.74) is 3.21. The van der Waals surface area contributed by atoms with Crippen molar-refractivity contribution in [2.45, 2.75) is 38.6 Å². The number of halogens is 1. The number of esters is 1. The molecule has 6 nitrogen and oxygen atoms in total. The van der Waals surface area contributed by atoms with Crippen LogP contribution in [-0.2, 0) is 28.2 Å². The predicted octanol–water partition coefficient (Wildman–Crippen LogP) is 5.16. The van der Waals surface area contributed by atoms with Gasteiger partial charge in [-0.05, 0) is 61.2 Å². The Labute approximate surface area is 203 Å². The molecule has 5 rings (SSSR count). The van der Waals surface area contributed by atoms with Crippen molar-refractivity contribution < 1.29 is 23.8 Å². The minimum Gasteiger partial charge on any atom is -0.488 e. The van der Waals surface area contributed by atoms with Crippen LogP contribution in [0, 0.1) is 5.82 Å². The molecule has 1 aliphatic heterocycles. The highest BCUT2D eigenvalue weighted by atomic mass is 32.1. The molecule has 2 aromatic carbocycles. The van der Waals surface area contributed by atoms with Crippen LogP contribution in [0.25, 0.3) is 11.0 Å². The van der Waals surface area contributed by atoms with Crippen molar-refractivity contribution >= 4 is 40.1 Å². The lowest BCUT2D eigenvalue weighted by Crippen LogP contribution is -2.30. The lowest BCUT2D eigenvalue weighted by atomic mass is 9.89. The first-order valence-electron chi connectivity index (χ1n) is 10.7. The minimum atomic E-state index is -2.10. The highest BCUT2D eigenvalue weighted by Gasteiger charge is 2.47. The Balaban J connectivity index is 1.59. The molecule has 0 saturated heterocycles. The van der Waals surface area contributed by atoms with Gasteiger partial charge >= 0.3 is 5.97 Å². The van der Waals surface area contributed by atoms with Gasteiger partial charge in [0.05, 0.1) is 17.8 Å². The summed E-state index contributed by atoms with van der Waals surface area (Å²) < 4.78 is 34.3. The highest BCUT2D eigenvalue weighted by molar-refractivity contribution is 7.09. The van der Waals surface area contributed by atoms with Crippen molar-refractivity contribution in [3.8, 4) is 5.75 Å². The Hall–Kier alpha value is -3.14. The van der Waals surface area contributed by atoms with Gasteiger partial charge in [0.1, 0.15) is 11.0 Å². The third-order valence-electron chi connectivity index (χ3n) is 5.58. The molecule has 34 heavy (non-hydrogen) atoms. The van der Waals surface area contributed by atoms with Crippen LogP contribution in [0.15, 0.2) is 65.1 Å². The van der Waals surface area contributed by atoms with E-state index in [1.165, 1.54) is 23.5 Å². The van der Waals surface area contributed by atoms with Gasteiger partial charge < -0.3 is 14.6 Å². The molecule has 2 aromatic heterocycles. The molecule has 0 fully saturated rings. The van der Waals surface area contributed by atoms with Crippen molar-refractivity contribution in [1.29, 1.82) is 0 Å². The summed E-state index contributed by atoms with van der Waals surface area (Å²) in [6, 6.07) is 13.5. The molecule has 9 heteroatoms. The van der Waals surface area contributed by atoms with Crippen LogP contribution in [0.2, 0.25) is 0 Å². The standard InChI is InChI=1S/C25H21FN2O4S2/c1-14(2)31-23-8-6-16(12-20(23)26)25(30)19(10-15-5-7-21-22(11-15)28-34-27-21)18(24(29)32-25)13-17-4-3-9-33-17/h3-9,11-12,14,30H,10,13H2,1-2H3. The average Bonchev–Trinajstić information content (AvgIpc) is 3.52. The maximum atomic E-state index is 14.8. The molecule has 174 valence electrons. The first-order valence-corrected chi connectivity index (χ1v) is 12.3. The fraction of sp³-hybridized carbons (Fsp3) is 0.240. The summed E-state index contributed by atoms with van der Waals surface area (Å²) in [5.74, 6) is -3.30. The lowest BCUT2D eigenvalue weighted by molar-refractivity contribution is -0.186. The third kappa shape index (κ3) is 4.22. The number of thiophene rings is 1. The zero-order valence-electron chi connectivity index (χ0n) is 18.4. The van der Waals surface area contributed by atoms with Crippen molar-refractivity contribution in [2.75, 3.05) is 0 Å². The van der Waals surface area contributed by atoms with Gasteiger partial charge in [-0.1, -0.05) is 12.1 Å². The second kappa shape index (κ2) is 8.90. The number of nitrogens with zero attached hydrogens (tertiary/aromatic N) is 2. The van der Waals surface area contributed by atoms with E-state index in [2.05, 4.69) is 8.75 Å². The van der Waals surface area contributed by atoms with E-state index in [1.807, 2.05) is 35.7 Å². The van der Waals surface area contributed by atoms with E-state index in [0.717, 1.165) is 39.3 Å². The fourth-order valence-electron chi connectivity index (χ4n) is 4.01. The number of aromatic nitrogens is 2. The molecule has 0 saturated carbocycles. The van der Waals surface area contributed by atoms with Crippen LogP contribution in [0.4, 0.5) is 4.39 Å². The van der Waals surface area contributed by atoms with Crippen molar-refractivity contribution in [3.63, 3.8) is 0 Å². The van der Waals surface area contributed by atoms with Gasteiger partial charge in [0.2, 0.25) is 0 Å². The largest absolute Gasteiger partial charge is 0.488 e. The van der Waals surface area contributed by atoms with Crippen LogP contribution >= 0.6 is 23.1 Å². The number of hydrogen-bond donors (Lipinski definition) is 1. The van der Waals surface area contributed by atoms with Gasteiger partial charge in [-0.2, -0.15) is 8.75 Å². The monoisotopic (exact) mass is 496 g/mol. The number of ether oxygens (including phenoxy) is 2. The number of aliphatic hydroxyl groups is 1. The zero-order valence-corrected chi connectivity index (χ0v) is 20.1. The lowest BCUT2D eigenvalue weighted by Gasteiger charge is -2.26. The van der Waals surface area contributed by atoms with Crippen molar-refractivity contribution in [2.24, 2.45) is 0 Å². The summed E-state index contributed by atoms with van der Waals surface area (Å²) in [6.45, 7) is 3.60. The summed E-state index contributed by atoms with van der Waals surface area (Å²) in [6.07, 6.45) is 0.323. The Kier molecular flexibility index (Phi) is 5.93. The first-order chi connectivity index (χ1) is 16.3. The maximum absolute atomic E-state index is 14.8. The second-order valence-corrected chi connectivity index (χ2v) is 9.88. The molecule has 1 atom stereocenters. The number of cyclic esters (lactones) is 1. The van der Waals surface area contributed by atoms with Gasteiger partial charge in [-0.15, -0.1) is 11.3 Å². The minimum absolute atomic E-state index is 0.0671. The van der Waals surface area contributed by atoms with Gasteiger partial charge in [0, 0.05) is 34.4 Å². The molecular formula is C25H21FN2O4S2. The Bertz CT molecular complexity index is 1400. The summed E-state index contributed by atoms with van der Waals surface area (Å²) in [7, 11) is 0. The average molecular weight is 497 g/mol. The van der Waals surface area contributed by atoms with E-state index in [1.54, 1.807) is 13.8 Å². The van der Waals surface area contributed by atoms with Gasteiger partial charge in [0.25, 0.3) is 5.79 Å². The Morgan fingerprint density at radius 2 is 1.94 bits per heavy atom. The van der Waals surface area contributed by atoms with Crippen LogP contribution in [0.3, 0.4) is 0 Å². The van der Waals surface area contributed by atoms with Crippen LogP contribution in [0.5, 0.6) is 5.75 Å². The predicted molar refractivity (Wildman–Crippen MR) is 128 cm³/mol. The summed E-state index contributed by atoms with van der Waals surface area (Å²) in [4.78, 5) is 13.9. The van der Waals surface area contributed by atoms with E-state index in [0.29, 0.717) is 17.6 Å². The molecule has 4 aromatic rings. The summed E-state index contributed by atoms with van der Waals surface area (Å²) >= 11 is 2.63. The van der Waals surface area contributed by atoms with E-state index in [-0.39, 0.29) is 23.8 Å². The number of rotatable bonds is 7. The van der Waals surface area contributed by atoms with Crippen molar-refractivity contribution in [3.05, 3.63) is 86.9 Å². The number of fused-ring (bicyclic) bond motifs is 1. The third-order valence-corrected chi connectivity index (χ3v) is 7.01. The number of hydrogen-bond acceptors (Lipinski definition) is 8. The normalized spacial score (nSPS) is 18.2. The van der Waals surface area contributed by atoms with E-state index >= 15 is 0 Å². The molecule has 3 heterocycles. The zero-order chi connectivity index (χ0) is 23.9. The van der Waals surface area contributed by atoms with Gasteiger partial charge in [-0.3, -0.25) is 0 Å². The van der Waals surface area contributed by atoms with E-state index in [4.69, 9.17) is 9.47 Å². The Morgan fingerprint density at radius 1 is 1.12 bits per heavy atom. The molecule has 0 spiro atoms. The fourth-order valence-corrected chi connectivity index (χ4v) is 5.25. The Morgan fingerprint density at radius 3 is 2.68 bits per heavy atom. The second-order valence-electron chi connectivity index (χ2n) is 8.32. The quantitative estimate of drug-likeness (QED) is 0.356. The maximum Gasteiger partial charge on any atom is 0.337 e. The molecule has 1 N–H and O–H groups in total. The number of benzene rings is 2. The topological polar surface area (TPSA) is 81.5 Å². The van der Waals surface area contributed by atoms with E-state index < -0.39 is 17.6 Å². The molecule has 1 unspecified atom stereocenters. The highest BCUT2D eigenvalue weighted by Crippen LogP contribution is 2.43. The SMILES string of the molecule is CC(C)Oc1ccc(C2(O)OC(=O)C(Cc3cccs3)=C2Cc2ccc3nsnc3c2)cc1F. The molecule has 1 aliphatic rings. The molecular weight excluding hydrogens is 475 g/mol.